The molecule has 2 rings (SSSR count). The molecule has 1 unspecified atom stereocenters. The van der Waals surface area contributed by atoms with E-state index < -0.39 is 6.10 Å². The topological polar surface area (TPSA) is 47.6 Å². The fourth-order valence-corrected chi connectivity index (χ4v) is 2.39. The Morgan fingerprint density at radius 3 is 2.44 bits per heavy atom. The van der Waals surface area contributed by atoms with Crippen LogP contribution in [-0.2, 0) is 4.79 Å². The van der Waals surface area contributed by atoms with Crippen LogP contribution in [0.2, 0.25) is 5.02 Å². The van der Waals surface area contributed by atoms with E-state index >= 15 is 0 Å². The minimum Gasteiger partial charge on any atom is -0.492 e. The molecule has 4 nitrogen and oxygen atoms in total. The second-order valence-corrected chi connectivity index (χ2v) is 6.29. The molecule has 25 heavy (non-hydrogen) atoms. The largest absolute Gasteiger partial charge is 0.492 e. The highest BCUT2D eigenvalue weighted by Crippen LogP contribution is 2.21. The molecule has 0 spiro atoms. The third-order valence-electron chi connectivity index (χ3n) is 3.78. The lowest BCUT2D eigenvalue weighted by molar-refractivity contribution is -0.128. The molecule has 1 amide bonds. The molecule has 1 N–H and O–H groups in total. The minimum absolute atomic E-state index is 0.145. The van der Waals surface area contributed by atoms with Crippen LogP contribution in [-0.4, -0.2) is 25.2 Å². The lowest BCUT2D eigenvalue weighted by Crippen LogP contribution is -2.39. The van der Waals surface area contributed by atoms with E-state index in [1.807, 2.05) is 57.2 Å². The van der Waals surface area contributed by atoms with Gasteiger partial charge in [0.25, 0.3) is 5.91 Å². The molecule has 0 aromatic heterocycles. The number of ether oxygens (including phenoxy) is 2. The van der Waals surface area contributed by atoms with Gasteiger partial charge in [-0.05, 0) is 50.1 Å². The van der Waals surface area contributed by atoms with Gasteiger partial charge in [0.05, 0.1) is 6.54 Å². The second kappa shape index (κ2) is 9.33. The molecule has 0 aliphatic rings. The fraction of sp³-hybridized carbons (Fsp3) is 0.350. The van der Waals surface area contributed by atoms with Crippen LogP contribution >= 0.6 is 11.6 Å². The zero-order valence-electron chi connectivity index (χ0n) is 14.8. The number of amides is 1. The predicted octanol–water partition coefficient (Wildman–Crippen LogP) is 4.31. The van der Waals surface area contributed by atoms with Gasteiger partial charge in [0.15, 0.2) is 6.10 Å². The summed E-state index contributed by atoms with van der Waals surface area (Å²) in [5.74, 6) is 1.24. The number of carbonyl (C=O) groups excluding carboxylic acids is 1. The summed E-state index contributed by atoms with van der Waals surface area (Å²) in [7, 11) is 0. The Balaban J connectivity index is 1.77. The number of hydrogen-bond acceptors (Lipinski definition) is 3. The highest BCUT2D eigenvalue weighted by molar-refractivity contribution is 6.31. The molecule has 0 radical (unpaired) electrons. The zero-order chi connectivity index (χ0) is 18.2. The van der Waals surface area contributed by atoms with E-state index in [9.17, 15) is 4.79 Å². The lowest BCUT2D eigenvalue weighted by atomic mass is 10.2. The molecule has 0 saturated carbocycles. The van der Waals surface area contributed by atoms with Crippen LogP contribution < -0.4 is 14.8 Å². The van der Waals surface area contributed by atoms with Crippen LogP contribution in [0.1, 0.15) is 24.5 Å². The van der Waals surface area contributed by atoms with Gasteiger partial charge < -0.3 is 14.8 Å². The molecule has 1 atom stereocenters. The number of carbonyl (C=O) groups is 1. The lowest BCUT2D eigenvalue weighted by Gasteiger charge is -2.17. The van der Waals surface area contributed by atoms with Crippen molar-refractivity contribution < 1.29 is 14.3 Å². The molecule has 0 aliphatic heterocycles. The normalized spacial score (nSPS) is 11.7. The summed E-state index contributed by atoms with van der Waals surface area (Å²) in [6.07, 6.45) is 0.0743. The molecule has 0 saturated heterocycles. The molecular formula is C20H24ClNO3. The minimum atomic E-state index is -0.517. The number of aryl methyl sites for hydroxylation is 2. The van der Waals surface area contributed by atoms with E-state index in [1.54, 1.807) is 6.07 Å². The number of rotatable bonds is 8. The van der Waals surface area contributed by atoms with Crippen molar-refractivity contribution in [1.82, 2.24) is 5.32 Å². The molecule has 0 bridgehead atoms. The second-order valence-electron chi connectivity index (χ2n) is 5.88. The van der Waals surface area contributed by atoms with Crippen molar-refractivity contribution >= 4 is 17.5 Å². The van der Waals surface area contributed by atoms with Gasteiger partial charge in [0.1, 0.15) is 18.1 Å². The standard InChI is InChI=1S/C20H24ClNO3/c1-4-19(25-16-8-5-14(2)6-9-16)20(23)22-11-12-24-17-10-7-15(3)18(21)13-17/h5-10,13,19H,4,11-12H2,1-3H3,(H,22,23). The Morgan fingerprint density at radius 2 is 1.80 bits per heavy atom. The van der Waals surface area contributed by atoms with E-state index in [2.05, 4.69) is 5.32 Å². The fourth-order valence-electron chi connectivity index (χ4n) is 2.22. The van der Waals surface area contributed by atoms with Crippen LogP contribution in [0.3, 0.4) is 0 Å². The Hall–Kier alpha value is -2.20. The van der Waals surface area contributed by atoms with Crippen molar-refractivity contribution in [3.63, 3.8) is 0 Å². The summed E-state index contributed by atoms with van der Waals surface area (Å²) in [6, 6.07) is 13.2. The van der Waals surface area contributed by atoms with Gasteiger partial charge in [-0.2, -0.15) is 0 Å². The van der Waals surface area contributed by atoms with Crippen molar-refractivity contribution in [3.05, 3.63) is 58.6 Å². The Morgan fingerprint density at radius 1 is 1.12 bits per heavy atom. The molecule has 0 aliphatic carbocycles. The Bertz CT molecular complexity index is 701. The van der Waals surface area contributed by atoms with Gasteiger partial charge in [-0.1, -0.05) is 42.3 Å². The monoisotopic (exact) mass is 361 g/mol. The van der Waals surface area contributed by atoms with E-state index in [0.29, 0.717) is 36.1 Å². The third-order valence-corrected chi connectivity index (χ3v) is 4.18. The van der Waals surface area contributed by atoms with Crippen LogP contribution in [0.4, 0.5) is 0 Å². The summed E-state index contributed by atoms with van der Waals surface area (Å²) < 4.78 is 11.4. The first-order valence-electron chi connectivity index (χ1n) is 8.39. The highest BCUT2D eigenvalue weighted by atomic mass is 35.5. The molecule has 5 heteroatoms. The van der Waals surface area contributed by atoms with Crippen molar-refractivity contribution in [2.24, 2.45) is 0 Å². The number of nitrogens with one attached hydrogen (secondary N) is 1. The first kappa shape index (κ1) is 19.1. The first-order valence-corrected chi connectivity index (χ1v) is 8.77. The van der Waals surface area contributed by atoms with Gasteiger partial charge in [-0.3, -0.25) is 4.79 Å². The summed E-state index contributed by atoms with van der Waals surface area (Å²) in [6.45, 7) is 6.63. The maximum Gasteiger partial charge on any atom is 0.261 e. The molecule has 2 aromatic rings. The highest BCUT2D eigenvalue weighted by Gasteiger charge is 2.17. The molecular weight excluding hydrogens is 338 g/mol. The molecule has 0 heterocycles. The Kier molecular flexibility index (Phi) is 7.14. The van der Waals surface area contributed by atoms with Gasteiger partial charge in [0, 0.05) is 5.02 Å². The molecule has 0 fully saturated rings. The molecule has 2 aromatic carbocycles. The molecule has 134 valence electrons. The van der Waals surface area contributed by atoms with E-state index in [1.165, 1.54) is 0 Å². The van der Waals surface area contributed by atoms with Gasteiger partial charge in [0.2, 0.25) is 0 Å². The maximum absolute atomic E-state index is 12.2. The van der Waals surface area contributed by atoms with Crippen molar-refractivity contribution in [3.8, 4) is 11.5 Å². The van der Waals surface area contributed by atoms with Gasteiger partial charge in [-0.25, -0.2) is 0 Å². The van der Waals surface area contributed by atoms with E-state index in [-0.39, 0.29) is 5.91 Å². The number of benzene rings is 2. The van der Waals surface area contributed by atoms with Crippen LogP contribution in [0.5, 0.6) is 11.5 Å². The average Bonchev–Trinajstić information content (AvgIpc) is 2.61. The average molecular weight is 362 g/mol. The third kappa shape index (κ3) is 5.98. The van der Waals surface area contributed by atoms with Crippen LogP contribution in [0.25, 0.3) is 0 Å². The first-order chi connectivity index (χ1) is 12.0. The number of halogens is 1. The van der Waals surface area contributed by atoms with Crippen molar-refractivity contribution in [2.45, 2.75) is 33.3 Å². The maximum atomic E-state index is 12.2. The number of hydrogen-bond donors (Lipinski definition) is 1. The quantitative estimate of drug-likeness (QED) is 0.713. The van der Waals surface area contributed by atoms with Gasteiger partial charge >= 0.3 is 0 Å². The smallest absolute Gasteiger partial charge is 0.261 e. The zero-order valence-corrected chi connectivity index (χ0v) is 15.6. The van der Waals surface area contributed by atoms with Crippen molar-refractivity contribution in [1.29, 1.82) is 0 Å². The SMILES string of the molecule is CCC(Oc1ccc(C)cc1)C(=O)NCCOc1ccc(C)c(Cl)c1. The van der Waals surface area contributed by atoms with Crippen LogP contribution in [0.15, 0.2) is 42.5 Å². The summed E-state index contributed by atoms with van der Waals surface area (Å²) in [4.78, 5) is 12.2. The summed E-state index contributed by atoms with van der Waals surface area (Å²) in [5, 5.41) is 3.51. The van der Waals surface area contributed by atoms with E-state index in [4.69, 9.17) is 21.1 Å². The summed E-state index contributed by atoms with van der Waals surface area (Å²) >= 11 is 6.06. The predicted molar refractivity (Wildman–Crippen MR) is 101 cm³/mol. The Labute approximate surface area is 154 Å². The van der Waals surface area contributed by atoms with Crippen molar-refractivity contribution in [2.75, 3.05) is 13.2 Å². The summed E-state index contributed by atoms with van der Waals surface area (Å²) in [5.41, 5.74) is 2.15. The van der Waals surface area contributed by atoms with Crippen LogP contribution in [0, 0.1) is 13.8 Å². The van der Waals surface area contributed by atoms with E-state index in [0.717, 1.165) is 11.1 Å². The van der Waals surface area contributed by atoms with Gasteiger partial charge in [-0.15, -0.1) is 0 Å².